The molecule has 1 aromatic carbocycles. The van der Waals surface area contributed by atoms with Crippen LogP contribution in [-0.2, 0) is 6.54 Å². The van der Waals surface area contributed by atoms with Crippen LogP contribution in [0.5, 0.6) is 0 Å². The molecule has 0 radical (unpaired) electrons. The van der Waals surface area contributed by atoms with Gasteiger partial charge in [-0.05, 0) is 29.8 Å². The summed E-state index contributed by atoms with van der Waals surface area (Å²) in [6.45, 7) is 0.642. The summed E-state index contributed by atoms with van der Waals surface area (Å²) in [6, 6.07) is 10.9. The molecule has 0 amide bonds. The summed E-state index contributed by atoms with van der Waals surface area (Å²) in [5.41, 5.74) is 1.89. The van der Waals surface area contributed by atoms with Crippen molar-refractivity contribution in [1.29, 1.82) is 0 Å². The zero-order valence-corrected chi connectivity index (χ0v) is 11.1. The Morgan fingerprint density at radius 2 is 2.16 bits per heavy atom. The van der Waals surface area contributed by atoms with Gasteiger partial charge in [-0.15, -0.1) is 0 Å². The third kappa shape index (κ3) is 3.45. The third-order valence-electron chi connectivity index (χ3n) is 2.71. The zero-order valence-electron chi connectivity index (χ0n) is 10.4. The van der Waals surface area contributed by atoms with Gasteiger partial charge in [0.15, 0.2) is 0 Å². The van der Waals surface area contributed by atoms with Crippen LogP contribution in [0.2, 0.25) is 5.02 Å². The molecule has 2 aromatic rings. The second-order valence-corrected chi connectivity index (χ2v) is 4.63. The van der Waals surface area contributed by atoms with Crippen LogP contribution in [0, 0.1) is 0 Å². The molecule has 0 bridgehead atoms. The molecular formula is C14H13ClN2O2. The number of halogens is 1. The summed E-state index contributed by atoms with van der Waals surface area (Å²) < 4.78 is 0. The first-order valence-corrected chi connectivity index (χ1v) is 6.09. The highest BCUT2D eigenvalue weighted by atomic mass is 35.5. The number of rotatable bonds is 4. The molecule has 0 fully saturated rings. The van der Waals surface area contributed by atoms with Gasteiger partial charge in [0.1, 0.15) is 5.69 Å². The van der Waals surface area contributed by atoms with Crippen molar-refractivity contribution in [3.05, 3.63) is 58.9 Å². The molecule has 0 atom stereocenters. The van der Waals surface area contributed by atoms with Crippen LogP contribution in [-0.4, -0.2) is 23.1 Å². The fourth-order valence-corrected chi connectivity index (χ4v) is 1.99. The lowest BCUT2D eigenvalue weighted by molar-refractivity contribution is 0.0690. The van der Waals surface area contributed by atoms with E-state index in [1.807, 2.05) is 36.2 Å². The minimum absolute atomic E-state index is 0.0374. The lowest BCUT2D eigenvalue weighted by atomic mass is 10.2. The van der Waals surface area contributed by atoms with E-state index in [4.69, 9.17) is 16.7 Å². The summed E-state index contributed by atoms with van der Waals surface area (Å²) in [5, 5.41) is 9.61. The first-order valence-electron chi connectivity index (χ1n) is 5.71. The molecule has 1 aromatic heterocycles. The Bertz CT molecular complexity index is 602. The van der Waals surface area contributed by atoms with Gasteiger partial charge in [-0.1, -0.05) is 23.7 Å². The summed E-state index contributed by atoms with van der Waals surface area (Å²) in [7, 11) is 1.89. The molecule has 0 aliphatic rings. The van der Waals surface area contributed by atoms with E-state index in [1.54, 1.807) is 12.1 Å². The molecule has 1 N–H and O–H groups in total. The van der Waals surface area contributed by atoms with Gasteiger partial charge in [-0.3, -0.25) is 0 Å². The van der Waals surface area contributed by atoms with E-state index in [9.17, 15) is 4.79 Å². The molecule has 98 valence electrons. The van der Waals surface area contributed by atoms with E-state index < -0.39 is 5.97 Å². The number of aromatic nitrogens is 1. The SMILES string of the molecule is CN(Cc1cccc(Cl)c1)c1ccnc(C(=O)O)c1. The zero-order chi connectivity index (χ0) is 13.8. The summed E-state index contributed by atoms with van der Waals surface area (Å²) >= 11 is 5.93. The molecule has 5 heteroatoms. The quantitative estimate of drug-likeness (QED) is 0.932. The molecule has 4 nitrogen and oxygen atoms in total. The van der Waals surface area contributed by atoms with Gasteiger partial charge in [0.05, 0.1) is 0 Å². The molecule has 2 rings (SSSR count). The maximum absolute atomic E-state index is 10.9. The Morgan fingerprint density at radius 3 is 2.84 bits per heavy atom. The number of hydrogen-bond donors (Lipinski definition) is 1. The second-order valence-electron chi connectivity index (χ2n) is 4.19. The molecule has 19 heavy (non-hydrogen) atoms. The maximum Gasteiger partial charge on any atom is 0.354 e. The van der Waals surface area contributed by atoms with Crippen molar-refractivity contribution < 1.29 is 9.90 Å². The highest BCUT2D eigenvalue weighted by molar-refractivity contribution is 6.30. The standard InChI is InChI=1S/C14H13ClN2O2/c1-17(9-10-3-2-4-11(15)7-10)12-5-6-16-13(8-12)14(18)19/h2-8H,9H2,1H3,(H,18,19). The number of hydrogen-bond acceptors (Lipinski definition) is 3. The first kappa shape index (κ1) is 13.4. The lowest BCUT2D eigenvalue weighted by Crippen LogP contribution is -2.17. The van der Waals surface area contributed by atoms with Crippen LogP contribution < -0.4 is 4.90 Å². The third-order valence-corrected chi connectivity index (χ3v) is 2.95. The van der Waals surface area contributed by atoms with Gasteiger partial charge in [0.2, 0.25) is 0 Å². The van der Waals surface area contributed by atoms with Crippen molar-refractivity contribution in [1.82, 2.24) is 4.98 Å². The van der Waals surface area contributed by atoms with Crippen LogP contribution in [0.15, 0.2) is 42.6 Å². The molecule has 0 aliphatic carbocycles. The number of carboxylic acids is 1. The topological polar surface area (TPSA) is 53.4 Å². The summed E-state index contributed by atoms with van der Waals surface area (Å²) in [4.78, 5) is 16.6. The van der Waals surface area contributed by atoms with E-state index in [0.29, 0.717) is 11.6 Å². The monoisotopic (exact) mass is 276 g/mol. The number of anilines is 1. The van der Waals surface area contributed by atoms with Crippen molar-refractivity contribution in [3.63, 3.8) is 0 Å². The Hall–Kier alpha value is -2.07. The summed E-state index contributed by atoms with van der Waals surface area (Å²) in [5.74, 6) is -1.03. The number of pyridine rings is 1. The van der Waals surface area contributed by atoms with E-state index in [1.165, 1.54) is 6.20 Å². The highest BCUT2D eigenvalue weighted by Gasteiger charge is 2.08. The minimum Gasteiger partial charge on any atom is -0.477 e. The second kappa shape index (κ2) is 5.71. The van der Waals surface area contributed by atoms with E-state index in [2.05, 4.69) is 4.98 Å². The number of nitrogens with zero attached hydrogens (tertiary/aromatic N) is 2. The van der Waals surface area contributed by atoms with Crippen molar-refractivity contribution in [2.24, 2.45) is 0 Å². The smallest absolute Gasteiger partial charge is 0.354 e. The molecule has 0 spiro atoms. The normalized spacial score (nSPS) is 10.2. The van der Waals surface area contributed by atoms with Crippen molar-refractivity contribution in [2.45, 2.75) is 6.54 Å². The maximum atomic E-state index is 10.9. The van der Waals surface area contributed by atoms with Crippen LogP contribution in [0.25, 0.3) is 0 Å². The number of carboxylic acid groups (broad SMARTS) is 1. The van der Waals surface area contributed by atoms with Gasteiger partial charge in [-0.2, -0.15) is 0 Å². The average molecular weight is 277 g/mol. The van der Waals surface area contributed by atoms with Crippen molar-refractivity contribution in [3.8, 4) is 0 Å². The molecule has 0 saturated carbocycles. The van der Waals surface area contributed by atoms with Crippen LogP contribution in [0.1, 0.15) is 16.1 Å². The van der Waals surface area contributed by atoms with Crippen molar-refractivity contribution >= 4 is 23.3 Å². The van der Waals surface area contributed by atoms with E-state index in [0.717, 1.165) is 11.3 Å². The van der Waals surface area contributed by atoms with E-state index >= 15 is 0 Å². The van der Waals surface area contributed by atoms with Crippen LogP contribution in [0.4, 0.5) is 5.69 Å². The molecule has 0 saturated heterocycles. The van der Waals surface area contributed by atoms with Crippen LogP contribution >= 0.6 is 11.6 Å². The largest absolute Gasteiger partial charge is 0.477 e. The fourth-order valence-electron chi connectivity index (χ4n) is 1.77. The van der Waals surface area contributed by atoms with Gasteiger partial charge in [0.25, 0.3) is 0 Å². The number of carbonyl (C=O) groups is 1. The fraction of sp³-hybridized carbons (Fsp3) is 0.143. The minimum atomic E-state index is -1.03. The first-order chi connectivity index (χ1) is 9.06. The predicted molar refractivity (Wildman–Crippen MR) is 74.8 cm³/mol. The van der Waals surface area contributed by atoms with Gasteiger partial charge >= 0.3 is 5.97 Å². The van der Waals surface area contributed by atoms with Gasteiger partial charge in [0, 0.05) is 30.5 Å². The van der Waals surface area contributed by atoms with E-state index in [-0.39, 0.29) is 5.69 Å². The average Bonchev–Trinajstić information content (AvgIpc) is 2.39. The Morgan fingerprint density at radius 1 is 1.37 bits per heavy atom. The van der Waals surface area contributed by atoms with Gasteiger partial charge < -0.3 is 10.0 Å². The van der Waals surface area contributed by atoms with Crippen LogP contribution in [0.3, 0.4) is 0 Å². The van der Waals surface area contributed by atoms with Gasteiger partial charge in [-0.25, -0.2) is 9.78 Å². The molecular weight excluding hydrogens is 264 g/mol. The Balaban J connectivity index is 2.18. The lowest BCUT2D eigenvalue weighted by Gasteiger charge is -2.19. The Labute approximate surface area is 116 Å². The number of aromatic carboxylic acids is 1. The number of benzene rings is 1. The Kier molecular flexibility index (Phi) is 4.02. The molecule has 0 unspecified atom stereocenters. The highest BCUT2D eigenvalue weighted by Crippen LogP contribution is 2.18. The van der Waals surface area contributed by atoms with Crippen molar-refractivity contribution in [2.75, 3.05) is 11.9 Å². The molecule has 1 heterocycles. The summed E-state index contributed by atoms with van der Waals surface area (Å²) in [6.07, 6.45) is 1.49. The predicted octanol–water partition coefficient (Wildman–Crippen LogP) is 3.07. The molecule has 0 aliphatic heterocycles.